The highest BCUT2D eigenvalue weighted by Gasteiger charge is 2.20. The van der Waals surface area contributed by atoms with Crippen LogP contribution in [0, 0.1) is 0 Å². The molecular formula is C12H13N5OS. The summed E-state index contributed by atoms with van der Waals surface area (Å²) in [6.45, 7) is 2.07. The van der Waals surface area contributed by atoms with Gasteiger partial charge in [-0.1, -0.05) is 6.07 Å². The highest BCUT2D eigenvalue weighted by molar-refractivity contribution is 7.10. The van der Waals surface area contributed by atoms with Gasteiger partial charge in [-0.15, -0.1) is 11.3 Å². The number of methoxy groups -OCH3 is 1. The molecule has 0 bridgehead atoms. The van der Waals surface area contributed by atoms with Gasteiger partial charge in [0, 0.05) is 4.88 Å². The fourth-order valence-electron chi connectivity index (χ4n) is 2.09. The summed E-state index contributed by atoms with van der Waals surface area (Å²) >= 11 is 1.68. The van der Waals surface area contributed by atoms with Gasteiger partial charge >= 0.3 is 0 Å². The van der Waals surface area contributed by atoms with Gasteiger partial charge in [0.05, 0.1) is 13.2 Å². The van der Waals surface area contributed by atoms with E-state index in [2.05, 4.69) is 27.9 Å². The zero-order valence-corrected chi connectivity index (χ0v) is 11.4. The molecule has 6 nitrogen and oxygen atoms in total. The molecule has 0 saturated carbocycles. The number of nitrogens with two attached hydrogens (primary N) is 1. The average Bonchev–Trinajstić information content (AvgIpc) is 3.04. The first-order valence-electron chi connectivity index (χ1n) is 5.78. The molecule has 0 saturated heterocycles. The first-order chi connectivity index (χ1) is 9.22. The number of hydrogen-bond acceptors (Lipinski definition) is 6. The largest absolute Gasteiger partial charge is 0.479 e. The molecule has 7 heteroatoms. The third-order valence-electron chi connectivity index (χ3n) is 3.01. The molecule has 3 aromatic heterocycles. The van der Waals surface area contributed by atoms with Gasteiger partial charge in [-0.25, -0.2) is 9.97 Å². The lowest BCUT2D eigenvalue weighted by molar-refractivity contribution is 0.401. The number of ether oxygens (including phenoxy) is 1. The van der Waals surface area contributed by atoms with Gasteiger partial charge in [-0.05, 0) is 18.4 Å². The summed E-state index contributed by atoms with van der Waals surface area (Å²) in [5, 5.41) is 2.04. The number of aromatic nitrogens is 4. The fourth-order valence-corrected chi connectivity index (χ4v) is 2.87. The molecule has 0 aromatic carbocycles. The second-order valence-corrected chi connectivity index (χ2v) is 5.07. The van der Waals surface area contributed by atoms with Crippen molar-refractivity contribution >= 4 is 28.4 Å². The quantitative estimate of drug-likeness (QED) is 0.791. The van der Waals surface area contributed by atoms with Crippen molar-refractivity contribution in [3.8, 4) is 5.88 Å². The Hall–Kier alpha value is -2.15. The van der Waals surface area contributed by atoms with Gasteiger partial charge in [-0.2, -0.15) is 4.98 Å². The van der Waals surface area contributed by atoms with Gasteiger partial charge in [0.15, 0.2) is 11.2 Å². The molecule has 0 amide bonds. The normalized spacial score (nSPS) is 12.7. The van der Waals surface area contributed by atoms with Gasteiger partial charge in [-0.3, -0.25) is 4.57 Å². The van der Waals surface area contributed by atoms with Crippen LogP contribution in [-0.4, -0.2) is 26.6 Å². The molecule has 0 aliphatic heterocycles. The Morgan fingerprint density at radius 3 is 2.95 bits per heavy atom. The van der Waals surface area contributed by atoms with Gasteiger partial charge in [0.1, 0.15) is 6.33 Å². The molecule has 0 aliphatic carbocycles. The van der Waals surface area contributed by atoms with Crippen molar-refractivity contribution < 1.29 is 4.74 Å². The van der Waals surface area contributed by atoms with Crippen LogP contribution in [0.4, 0.5) is 5.95 Å². The van der Waals surface area contributed by atoms with Crippen LogP contribution >= 0.6 is 11.3 Å². The highest BCUT2D eigenvalue weighted by Crippen LogP contribution is 2.30. The molecule has 3 aromatic rings. The minimum Gasteiger partial charge on any atom is -0.479 e. The van der Waals surface area contributed by atoms with Crippen molar-refractivity contribution in [2.45, 2.75) is 13.0 Å². The first kappa shape index (κ1) is 11.9. The molecule has 98 valence electrons. The maximum absolute atomic E-state index is 6.02. The van der Waals surface area contributed by atoms with Crippen LogP contribution in [0.1, 0.15) is 17.8 Å². The Kier molecular flexibility index (Phi) is 2.83. The molecule has 0 spiro atoms. The molecule has 0 aliphatic rings. The zero-order valence-electron chi connectivity index (χ0n) is 10.6. The van der Waals surface area contributed by atoms with E-state index in [9.17, 15) is 0 Å². The van der Waals surface area contributed by atoms with E-state index in [1.165, 1.54) is 11.2 Å². The van der Waals surface area contributed by atoms with Crippen LogP contribution < -0.4 is 10.5 Å². The van der Waals surface area contributed by atoms with E-state index in [0.717, 1.165) is 0 Å². The zero-order chi connectivity index (χ0) is 13.4. The van der Waals surface area contributed by atoms with Crippen molar-refractivity contribution in [3.05, 3.63) is 28.7 Å². The molecule has 19 heavy (non-hydrogen) atoms. The van der Waals surface area contributed by atoms with Gasteiger partial charge in [0.25, 0.3) is 0 Å². The summed E-state index contributed by atoms with van der Waals surface area (Å²) in [5.74, 6) is 0.850. The van der Waals surface area contributed by atoms with Crippen LogP contribution in [0.25, 0.3) is 11.2 Å². The standard InChI is InChI=1S/C12H13N5OS/c1-7(8-4-3-5-19-8)17-10-9(16-12(17)13)11(18-2)15-6-14-10/h3-7H,1-2H3,(H2,13,16). The third kappa shape index (κ3) is 1.82. The van der Waals surface area contributed by atoms with E-state index >= 15 is 0 Å². The molecule has 3 heterocycles. The van der Waals surface area contributed by atoms with Gasteiger partial charge in [0.2, 0.25) is 11.8 Å². The Morgan fingerprint density at radius 1 is 1.42 bits per heavy atom. The van der Waals surface area contributed by atoms with Crippen molar-refractivity contribution in [1.82, 2.24) is 19.5 Å². The number of hydrogen-bond donors (Lipinski definition) is 1. The Morgan fingerprint density at radius 2 is 2.26 bits per heavy atom. The monoisotopic (exact) mass is 275 g/mol. The Bertz CT molecular complexity index is 706. The number of nitrogen functional groups attached to an aromatic ring is 1. The minimum absolute atomic E-state index is 0.0737. The van der Waals surface area contributed by atoms with Crippen LogP contribution in [-0.2, 0) is 0 Å². The Labute approximate surface area is 113 Å². The molecule has 0 fully saturated rings. The molecule has 1 atom stereocenters. The topological polar surface area (TPSA) is 78.8 Å². The SMILES string of the molecule is COc1ncnc2c1nc(N)n2C(C)c1cccs1. The van der Waals surface area contributed by atoms with Crippen molar-refractivity contribution in [1.29, 1.82) is 0 Å². The maximum atomic E-state index is 6.02. The summed E-state index contributed by atoms with van der Waals surface area (Å²) in [6, 6.07) is 4.16. The summed E-state index contributed by atoms with van der Waals surface area (Å²) in [4.78, 5) is 13.8. The van der Waals surface area contributed by atoms with E-state index in [0.29, 0.717) is 23.0 Å². The number of anilines is 1. The molecule has 0 radical (unpaired) electrons. The predicted molar refractivity (Wildman–Crippen MR) is 74.4 cm³/mol. The highest BCUT2D eigenvalue weighted by atomic mass is 32.1. The van der Waals surface area contributed by atoms with E-state index in [-0.39, 0.29) is 6.04 Å². The summed E-state index contributed by atoms with van der Waals surface area (Å²) in [7, 11) is 1.56. The van der Waals surface area contributed by atoms with E-state index in [1.807, 2.05) is 16.0 Å². The van der Waals surface area contributed by atoms with Crippen molar-refractivity contribution in [3.63, 3.8) is 0 Å². The van der Waals surface area contributed by atoms with Crippen LogP contribution in [0.15, 0.2) is 23.8 Å². The van der Waals surface area contributed by atoms with E-state index in [1.54, 1.807) is 18.4 Å². The first-order valence-corrected chi connectivity index (χ1v) is 6.66. The third-order valence-corrected chi connectivity index (χ3v) is 4.05. The van der Waals surface area contributed by atoms with E-state index < -0.39 is 0 Å². The lowest BCUT2D eigenvalue weighted by Gasteiger charge is -2.13. The second kappa shape index (κ2) is 4.51. The minimum atomic E-state index is 0.0737. The molecule has 3 rings (SSSR count). The second-order valence-electron chi connectivity index (χ2n) is 4.09. The van der Waals surface area contributed by atoms with Crippen molar-refractivity contribution in [2.75, 3.05) is 12.8 Å². The van der Waals surface area contributed by atoms with Crippen molar-refractivity contribution in [2.24, 2.45) is 0 Å². The number of thiophene rings is 1. The smallest absolute Gasteiger partial charge is 0.245 e. The fraction of sp³-hybridized carbons (Fsp3) is 0.250. The number of rotatable bonds is 3. The number of fused-ring (bicyclic) bond motifs is 1. The summed E-state index contributed by atoms with van der Waals surface area (Å²) < 4.78 is 7.08. The molecule has 1 unspecified atom stereocenters. The molecular weight excluding hydrogens is 262 g/mol. The average molecular weight is 275 g/mol. The van der Waals surface area contributed by atoms with Crippen LogP contribution in [0.5, 0.6) is 5.88 Å². The van der Waals surface area contributed by atoms with Crippen LogP contribution in [0.3, 0.4) is 0 Å². The lowest BCUT2D eigenvalue weighted by Crippen LogP contribution is -2.09. The van der Waals surface area contributed by atoms with Crippen LogP contribution in [0.2, 0.25) is 0 Å². The Balaban J connectivity index is 2.21. The predicted octanol–water partition coefficient (Wildman–Crippen LogP) is 2.09. The lowest BCUT2D eigenvalue weighted by atomic mass is 10.2. The molecule has 2 N–H and O–H groups in total. The van der Waals surface area contributed by atoms with Gasteiger partial charge < -0.3 is 10.5 Å². The summed E-state index contributed by atoms with van der Waals surface area (Å²) in [6.07, 6.45) is 1.46. The summed E-state index contributed by atoms with van der Waals surface area (Å²) in [5.41, 5.74) is 7.29. The maximum Gasteiger partial charge on any atom is 0.245 e. The number of nitrogens with zero attached hydrogens (tertiary/aromatic N) is 4. The number of imidazole rings is 1. The van der Waals surface area contributed by atoms with E-state index in [4.69, 9.17) is 10.5 Å².